The molecule has 1 atom stereocenters. The Morgan fingerprint density at radius 1 is 1.46 bits per heavy atom. The van der Waals surface area contributed by atoms with E-state index in [9.17, 15) is 14.7 Å². The van der Waals surface area contributed by atoms with Gasteiger partial charge in [-0.05, 0) is 31.0 Å². The van der Waals surface area contributed by atoms with Crippen LogP contribution in [0.2, 0.25) is 0 Å². The standard InChI is InChI=1S/C19H23N3O5S/c1-4-12(23)8-22(9-13-6-5-7-27-13)10-14-20-17(24)15-11(2)16(19(25)26-3)28-18(15)21-14/h5-7,12,23H,4,8-10H2,1-3H3,(H,20,21,24). The van der Waals surface area contributed by atoms with E-state index in [1.807, 2.05) is 17.9 Å². The highest BCUT2D eigenvalue weighted by molar-refractivity contribution is 7.20. The summed E-state index contributed by atoms with van der Waals surface area (Å²) < 4.78 is 10.2. The predicted octanol–water partition coefficient (Wildman–Crippen LogP) is 2.45. The zero-order valence-electron chi connectivity index (χ0n) is 16.0. The molecule has 3 heterocycles. The summed E-state index contributed by atoms with van der Waals surface area (Å²) in [5.74, 6) is 0.740. The fourth-order valence-corrected chi connectivity index (χ4v) is 4.12. The number of nitrogens with zero attached hydrogens (tertiary/aromatic N) is 2. The Balaban J connectivity index is 1.92. The van der Waals surface area contributed by atoms with E-state index in [-0.39, 0.29) is 5.56 Å². The van der Waals surface area contributed by atoms with Gasteiger partial charge in [-0.25, -0.2) is 9.78 Å². The van der Waals surface area contributed by atoms with E-state index in [0.717, 1.165) is 17.1 Å². The number of rotatable bonds is 8. The summed E-state index contributed by atoms with van der Waals surface area (Å²) >= 11 is 1.14. The van der Waals surface area contributed by atoms with Gasteiger partial charge in [0.15, 0.2) is 0 Å². The van der Waals surface area contributed by atoms with Crippen molar-refractivity contribution in [3.05, 3.63) is 50.8 Å². The minimum Gasteiger partial charge on any atom is -0.468 e. The Labute approximate surface area is 165 Å². The van der Waals surface area contributed by atoms with Gasteiger partial charge in [0.1, 0.15) is 21.3 Å². The van der Waals surface area contributed by atoms with Crippen LogP contribution in [0.3, 0.4) is 0 Å². The number of carbonyl (C=O) groups excluding carboxylic acids is 1. The summed E-state index contributed by atoms with van der Waals surface area (Å²) in [6.07, 6.45) is 1.71. The van der Waals surface area contributed by atoms with Crippen LogP contribution in [0.25, 0.3) is 10.2 Å². The first kappa shape index (κ1) is 20.2. The Kier molecular flexibility index (Phi) is 6.28. The van der Waals surface area contributed by atoms with Crippen molar-refractivity contribution in [2.75, 3.05) is 13.7 Å². The number of methoxy groups -OCH3 is 1. The van der Waals surface area contributed by atoms with Gasteiger partial charge < -0.3 is 19.2 Å². The first-order chi connectivity index (χ1) is 13.4. The third-order valence-corrected chi connectivity index (χ3v) is 5.66. The second-order valence-electron chi connectivity index (χ2n) is 6.55. The highest BCUT2D eigenvalue weighted by atomic mass is 32.1. The van der Waals surface area contributed by atoms with Crippen LogP contribution >= 0.6 is 11.3 Å². The van der Waals surface area contributed by atoms with Gasteiger partial charge in [-0.3, -0.25) is 9.69 Å². The Bertz CT molecular complexity index is 1010. The lowest BCUT2D eigenvalue weighted by Crippen LogP contribution is -2.32. The number of nitrogens with one attached hydrogen (secondary N) is 1. The van der Waals surface area contributed by atoms with Crippen molar-refractivity contribution < 1.29 is 19.1 Å². The van der Waals surface area contributed by atoms with Gasteiger partial charge in [-0.15, -0.1) is 11.3 Å². The van der Waals surface area contributed by atoms with E-state index < -0.39 is 12.1 Å². The van der Waals surface area contributed by atoms with Gasteiger partial charge in [-0.2, -0.15) is 0 Å². The number of carbonyl (C=O) groups is 1. The lowest BCUT2D eigenvalue weighted by atomic mass is 10.2. The SMILES string of the molecule is CCC(O)CN(Cc1nc2sc(C(=O)OC)c(C)c2c(=O)[nH]1)Cc1ccco1. The lowest BCUT2D eigenvalue weighted by Gasteiger charge is -2.23. The molecule has 0 bridgehead atoms. The Hall–Kier alpha value is -2.49. The predicted molar refractivity (Wildman–Crippen MR) is 105 cm³/mol. The van der Waals surface area contributed by atoms with Gasteiger partial charge in [0, 0.05) is 6.54 Å². The van der Waals surface area contributed by atoms with Crippen LogP contribution in [-0.2, 0) is 17.8 Å². The van der Waals surface area contributed by atoms with Crippen molar-refractivity contribution in [2.24, 2.45) is 0 Å². The van der Waals surface area contributed by atoms with Crippen LogP contribution in [0.1, 0.15) is 40.2 Å². The lowest BCUT2D eigenvalue weighted by molar-refractivity contribution is 0.0605. The highest BCUT2D eigenvalue weighted by Gasteiger charge is 2.21. The van der Waals surface area contributed by atoms with Crippen molar-refractivity contribution in [1.29, 1.82) is 0 Å². The molecular formula is C19H23N3O5S. The van der Waals surface area contributed by atoms with Crippen LogP contribution in [0.4, 0.5) is 0 Å². The first-order valence-corrected chi connectivity index (χ1v) is 9.78. The monoisotopic (exact) mass is 405 g/mol. The molecule has 0 amide bonds. The normalized spacial score (nSPS) is 12.6. The van der Waals surface area contributed by atoms with Crippen molar-refractivity contribution in [3.63, 3.8) is 0 Å². The van der Waals surface area contributed by atoms with Gasteiger partial charge in [0.25, 0.3) is 5.56 Å². The maximum absolute atomic E-state index is 12.6. The minimum atomic E-state index is -0.500. The molecule has 150 valence electrons. The molecule has 0 aliphatic rings. The average molecular weight is 405 g/mol. The van der Waals surface area contributed by atoms with Gasteiger partial charge in [0.05, 0.1) is 38.0 Å². The van der Waals surface area contributed by atoms with Gasteiger partial charge in [-0.1, -0.05) is 6.92 Å². The number of H-pyrrole nitrogens is 1. The van der Waals surface area contributed by atoms with E-state index in [0.29, 0.717) is 52.5 Å². The molecule has 8 nitrogen and oxygen atoms in total. The van der Waals surface area contributed by atoms with Crippen LogP contribution < -0.4 is 5.56 Å². The summed E-state index contributed by atoms with van der Waals surface area (Å²) in [4.78, 5) is 34.7. The number of aromatic amines is 1. The van der Waals surface area contributed by atoms with E-state index in [4.69, 9.17) is 9.15 Å². The van der Waals surface area contributed by atoms with Crippen LogP contribution in [0.5, 0.6) is 0 Å². The molecule has 0 radical (unpaired) electrons. The number of aliphatic hydroxyl groups excluding tert-OH is 1. The Morgan fingerprint density at radius 3 is 2.89 bits per heavy atom. The largest absolute Gasteiger partial charge is 0.468 e. The van der Waals surface area contributed by atoms with Crippen molar-refractivity contribution in [2.45, 2.75) is 39.5 Å². The molecule has 0 aromatic carbocycles. The summed E-state index contributed by atoms with van der Waals surface area (Å²) in [5.41, 5.74) is 0.277. The van der Waals surface area contributed by atoms with E-state index >= 15 is 0 Å². The molecule has 3 rings (SSSR count). The molecule has 0 fully saturated rings. The summed E-state index contributed by atoms with van der Waals surface area (Å²) in [7, 11) is 1.31. The second kappa shape index (κ2) is 8.68. The zero-order chi connectivity index (χ0) is 20.3. The molecule has 3 aromatic rings. The number of esters is 1. The van der Waals surface area contributed by atoms with Crippen molar-refractivity contribution >= 4 is 27.5 Å². The van der Waals surface area contributed by atoms with E-state index in [2.05, 4.69) is 9.97 Å². The second-order valence-corrected chi connectivity index (χ2v) is 7.55. The van der Waals surface area contributed by atoms with Crippen LogP contribution in [0, 0.1) is 6.92 Å². The molecule has 0 saturated heterocycles. The maximum Gasteiger partial charge on any atom is 0.348 e. The quantitative estimate of drug-likeness (QED) is 0.554. The average Bonchev–Trinajstić information content (AvgIpc) is 3.28. The topological polar surface area (TPSA) is 109 Å². The van der Waals surface area contributed by atoms with Gasteiger partial charge in [0.2, 0.25) is 0 Å². The van der Waals surface area contributed by atoms with Crippen LogP contribution in [0.15, 0.2) is 27.6 Å². The molecule has 28 heavy (non-hydrogen) atoms. The fourth-order valence-electron chi connectivity index (χ4n) is 3.00. The number of aromatic nitrogens is 2. The summed E-state index contributed by atoms with van der Waals surface area (Å²) in [6, 6.07) is 3.66. The summed E-state index contributed by atoms with van der Waals surface area (Å²) in [6.45, 7) is 4.83. The molecule has 2 N–H and O–H groups in total. The molecule has 1 unspecified atom stereocenters. The number of thiophene rings is 1. The number of ether oxygens (including phenoxy) is 1. The molecule has 0 saturated carbocycles. The number of hydrogen-bond acceptors (Lipinski definition) is 8. The summed E-state index contributed by atoms with van der Waals surface area (Å²) in [5, 5.41) is 10.5. The first-order valence-electron chi connectivity index (χ1n) is 8.96. The molecule has 0 aliphatic heterocycles. The van der Waals surface area contributed by atoms with Crippen LogP contribution in [-0.4, -0.2) is 45.7 Å². The minimum absolute atomic E-state index is 0.294. The van der Waals surface area contributed by atoms with Crippen molar-refractivity contribution in [3.8, 4) is 0 Å². The smallest absolute Gasteiger partial charge is 0.348 e. The van der Waals surface area contributed by atoms with E-state index in [1.54, 1.807) is 19.3 Å². The highest BCUT2D eigenvalue weighted by Crippen LogP contribution is 2.27. The molecule has 9 heteroatoms. The Morgan fingerprint density at radius 2 is 2.25 bits per heavy atom. The molecule has 0 aliphatic carbocycles. The van der Waals surface area contributed by atoms with E-state index in [1.165, 1.54) is 7.11 Å². The third-order valence-electron chi connectivity index (χ3n) is 4.49. The van der Waals surface area contributed by atoms with Crippen molar-refractivity contribution in [1.82, 2.24) is 14.9 Å². The fraction of sp³-hybridized carbons (Fsp3) is 0.421. The third kappa shape index (κ3) is 4.32. The molecule has 3 aromatic heterocycles. The molecular weight excluding hydrogens is 382 g/mol. The number of aliphatic hydroxyl groups is 1. The molecule has 0 spiro atoms. The number of aryl methyl sites for hydroxylation is 1. The zero-order valence-corrected chi connectivity index (χ0v) is 16.8. The number of furan rings is 1. The number of fused-ring (bicyclic) bond motifs is 1. The maximum atomic E-state index is 12.6. The van der Waals surface area contributed by atoms with Gasteiger partial charge >= 0.3 is 5.97 Å². The number of hydrogen-bond donors (Lipinski definition) is 2.